The van der Waals surface area contributed by atoms with Gasteiger partial charge in [-0.1, -0.05) is 12.0 Å². The fraction of sp³-hybridized carbons (Fsp3) is 0.364. The molecule has 0 aromatic heterocycles. The van der Waals surface area contributed by atoms with Crippen LogP contribution in [0.4, 0.5) is 0 Å². The summed E-state index contributed by atoms with van der Waals surface area (Å²) in [4.78, 5) is 10.7. The molecule has 0 aliphatic heterocycles. The molecular weight excluding hydrogens is 244 g/mol. The Bertz CT molecular complexity index is 336. The van der Waals surface area contributed by atoms with Crippen LogP contribution in [-0.2, 0) is 9.53 Å². The highest BCUT2D eigenvalue weighted by atomic mass is 79.9. The quantitative estimate of drug-likeness (QED) is 0.410. The number of hydrogen-bond donors (Lipinski definition) is 0. The first-order chi connectivity index (χ1) is 6.47. The summed E-state index contributed by atoms with van der Waals surface area (Å²) in [6, 6.07) is 0. The van der Waals surface area contributed by atoms with Gasteiger partial charge in [-0.15, -0.1) is 0 Å². The van der Waals surface area contributed by atoms with Crippen molar-refractivity contribution in [2.75, 3.05) is 0 Å². The van der Waals surface area contributed by atoms with Crippen LogP contribution in [0.1, 0.15) is 27.7 Å². The molecular formula is C11H13BrO2. The van der Waals surface area contributed by atoms with Gasteiger partial charge in [-0.3, -0.25) is 4.79 Å². The molecule has 0 atom stereocenters. The molecule has 0 amide bonds. The zero-order valence-electron chi connectivity index (χ0n) is 8.77. The molecule has 0 aromatic rings. The van der Waals surface area contributed by atoms with Crippen LogP contribution in [0.25, 0.3) is 0 Å². The van der Waals surface area contributed by atoms with Crippen molar-refractivity contribution in [2.24, 2.45) is 0 Å². The molecule has 0 bridgehead atoms. The molecule has 14 heavy (non-hydrogen) atoms. The first kappa shape index (κ1) is 13.0. The van der Waals surface area contributed by atoms with E-state index >= 15 is 0 Å². The maximum absolute atomic E-state index is 10.7. The maximum atomic E-state index is 10.7. The van der Waals surface area contributed by atoms with Gasteiger partial charge in [0.1, 0.15) is 0 Å². The summed E-state index contributed by atoms with van der Waals surface area (Å²) in [7, 11) is 0. The highest BCUT2D eigenvalue weighted by Gasteiger charge is 2.00. The van der Waals surface area contributed by atoms with Gasteiger partial charge in [0.15, 0.2) is 5.76 Å². The normalized spacial score (nSPS) is 9.93. The highest BCUT2D eigenvalue weighted by Crippen LogP contribution is 2.07. The van der Waals surface area contributed by atoms with Crippen LogP contribution in [-0.4, -0.2) is 5.97 Å². The Morgan fingerprint density at radius 2 is 1.86 bits per heavy atom. The number of carbonyl (C=O) groups excluding carboxylic acids is 1. The second-order valence-electron chi connectivity index (χ2n) is 2.81. The minimum atomic E-state index is -0.355. The number of hydrogen-bond acceptors (Lipinski definition) is 2. The van der Waals surface area contributed by atoms with Crippen molar-refractivity contribution in [3.05, 3.63) is 21.9 Å². The maximum Gasteiger partial charge on any atom is 0.308 e. The van der Waals surface area contributed by atoms with Crippen LogP contribution < -0.4 is 0 Å². The van der Waals surface area contributed by atoms with E-state index in [0.717, 1.165) is 10.1 Å². The van der Waals surface area contributed by atoms with E-state index in [2.05, 4.69) is 27.8 Å². The molecule has 0 saturated carbocycles. The van der Waals surface area contributed by atoms with E-state index < -0.39 is 0 Å². The van der Waals surface area contributed by atoms with E-state index in [1.165, 1.54) is 6.92 Å². The van der Waals surface area contributed by atoms with Gasteiger partial charge in [0.05, 0.1) is 4.48 Å². The standard InChI is InChI=1S/C11H13BrO2/c1-5-10(12)6-7-11(8(2)3)14-9(4)13/h5H,1-4H3/b10-5+. The average Bonchev–Trinajstić information content (AvgIpc) is 2.10. The Morgan fingerprint density at radius 3 is 2.21 bits per heavy atom. The highest BCUT2D eigenvalue weighted by molar-refractivity contribution is 9.12. The Hall–Kier alpha value is -1.01. The molecule has 2 nitrogen and oxygen atoms in total. The van der Waals surface area contributed by atoms with E-state index in [4.69, 9.17) is 4.74 Å². The lowest BCUT2D eigenvalue weighted by Gasteiger charge is -2.00. The van der Waals surface area contributed by atoms with Crippen LogP contribution >= 0.6 is 15.9 Å². The molecule has 0 spiro atoms. The number of rotatable bonds is 1. The summed E-state index contributed by atoms with van der Waals surface area (Å²) >= 11 is 3.25. The lowest BCUT2D eigenvalue weighted by atomic mass is 10.3. The van der Waals surface area contributed by atoms with E-state index in [9.17, 15) is 4.79 Å². The van der Waals surface area contributed by atoms with Crippen molar-refractivity contribution in [3.8, 4) is 11.8 Å². The lowest BCUT2D eigenvalue weighted by molar-refractivity contribution is -0.136. The monoisotopic (exact) mass is 256 g/mol. The van der Waals surface area contributed by atoms with Crippen LogP contribution in [0.3, 0.4) is 0 Å². The zero-order chi connectivity index (χ0) is 11.1. The molecule has 0 aromatic carbocycles. The number of allylic oxidation sites excluding steroid dienone is 4. The van der Waals surface area contributed by atoms with Crippen LogP contribution in [0.15, 0.2) is 21.9 Å². The molecule has 0 saturated heterocycles. The summed E-state index contributed by atoms with van der Waals surface area (Å²) in [6.45, 7) is 6.91. The predicted octanol–water partition coefficient (Wildman–Crippen LogP) is 3.15. The number of ether oxygens (including phenoxy) is 1. The third-order valence-electron chi connectivity index (χ3n) is 1.25. The van der Waals surface area contributed by atoms with Gasteiger partial charge in [-0.2, -0.15) is 0 Å². The van der Waals surface area contributed by atoms with Crippen molar-refractivity contribution in [2.45, 2.75) is 27.7 Å². The molecule has 3 heteroatoms. The van der Waals surface area contributed by atoms with Gasteiger partial charge in [0.25, 0.3) is 0 Å². The third-order valence-corrected chi connectivity index (χ3v) is 1.90. The lowest BCUT2D eigenvalue weighted by Crippen LogP contribution is -1.98. The fourth-order valence-electron chi connectivity index (χ4n) is 0.585. The zero-order valence-corrected chi connectivity index (χ0v) is 10.4. The van der Waals surface area contributed by atoms with Crippen molar-refractivity contribution in [1.82, 2.24) is 0 Å². The van der Waals surface area contributed by atoms with Crippen molar-refractivity contribution >= 4 is 21.9 Å². The second kappa shape index (κ2) is 6.44. The minimum absolute atomic E-state index is 0.355. The van der Waals surface area contributed by atoms with Gasteiger partial charge in [-0.05, 0) is 48.2 Å². The largest absolute Gasteiger partial charge is 0.417 e. The summed E-state index contributed by atoms with van der Waals surface area (Å²) in [5.41, 5.74) is 0.879. The van der Waals surface area contributed by atoms with E-state index in [0.29, 0.717) is 5.76 Å². The van der Waals surface area contributed by atoms with Gasteiger partial charge < -0.3 is 4.74 Å². The first-order valence-electron chi connectivity index (χ1n) is 4.17. The number of esters is 1. The number of carbonyl (C=O) groups is 1. The fourth-order valence-corrected chi connectivity index (χ4v) is 0.684. The summed E-state index contributed by atoms with van der Waals surface area (Å²) in [6.07, 6.45) is 1.82. The van der Waals surface area contributed by atoms with Crippen LogP contribution in [0.2, 0.25) is 0 Å². The molecule has 0 fully saturated rings. The molecule has 0 N–H and O–H groups in total. The number of halogens is 1. The van der Waals surface area contributed by atoms with E-state index in [-0.39, 0.29) is 5.97 Å². The molecule has 0 unspecified atom stereocenters. The van der Waals surface area contributed by atoms with Crippen molar-refractivity contribution in [1.29, 1.82) is 0 Å². The van der Waals surface area contributed by atoms with Gasteiger partial charge in [-0.25, -0.2) is 0 Å². The predicted molar refractivity (Wildman–Crippen MR) is 60.6 cm³/mol. The summed E-state index contributed by atoms with van der Waals surface area (Å²) in [5, 5.41) is 0. The topological polar surface area (TPSA) is 26.3 Å². The van der Waals surface area contributed by atoms with Gasteiger partial charge >= 0.3 is 5.97 Å². The van der Waals surface area contributed by atoms with Crippen molar-refractivity contribution in [3.63, 3.8) is 0 Å². The molecule has 0 heterocycles. The Balaban J connectivity index is 4.79. The van der Waals surface area contributed by atoms with Crippen molar-refractivity contribution < 1.29 is 9.53 Å². The summed E-state index contributed by atoms with van der Waals surface area (Å²) in [5.74, 6) is 5.64. The Kier molecular flexibility index (Phi) is 5.98. The molecule has 0 aliphatic carbocycles. The molecule has 0 aliphatic rings. The smallest absolute Gasteiger partial charge is 0.308 e. The van der Waals surface area contributed by atoms with E-state index in [1.54, 1.807) is 0 Å². The first-order valence-corrected chi connectivity index (χ1v) is 4.96. The second-order valence-corrected chi connectivity index (χ2v) is 3.66. The SMILES string of the molecule is C/C=C(/Br)C#CC(OC(C)=O)=C(C)C. The van der Waals surface area contributed by atoms with Crippen LogP contribution in [0, 0.1) is 11.8 Å². The molecule has 0 radical (unpaired) electrons. The molecule has 76 valence electrons. The Labute approximate surface area is 93.2 Å². The Morgan fingerprint density at radius 1 is 1.29 bits per heavy atom. The van der Waals surface area contributed by atoms with Gasteiger partial charge in [0.2, 0.25) is 0 Å². The van der Waals surface area contributed by atoms with E-state index in [1.807, 2.05) is 26.8 Å². The van der Waals surface area contributed by atoms with Gasteiger partial charge in [0, 0.05) is 6.92 Å². The average molecular weight is 257 g/mol. The third kappa shape index (κ3) is 5.60. The minimum Gasteiger partial charge on any atom is -0.417 e. The van der Waals surface area contributed by atoms with Crippen LogP contribution in [0.5, 0.6) is 0 Å². The summed E-state index contributed by atoms with van der Waals surface area (Å²) < 4.78 is 5.69. The molecule has 0 rings (SSSR count).